The summed E-state index contributed by atoms with van der Waals surface area (Å²) in [5.74, 6) is 0.569. The van der Waals surface area contributed by atoms with Crippen molar-refractivity contribution in [2.24, 2.45) is 0 Å². The summed E-state index contributed by atoms with van der Waals surface area (Å²) in [6, 6.07) is 15.1. The van der Waals surface area contributed by atoms with Crippen LogP contribution in [-0.4, -0.2) is 25.4 Å². The lowest BCUT2D eigenvalue weighted by molar-refractivity contribution is 0.102. The molecule has 7 heteroatoms. The molecule has 2 aromatic heterocycles. The van der Waals surface area contributed by atoms with E-state index in [1.54, 1.807) is 18.2 Å². The van der Waals surface area contributed by atoms with Gasteiger partial charge in [-0.05, 0) is 37.5 Å². The average molecular weight is 399 g/mol. The summed E-state index contributed by atoms with van der Waals surface area (Å²) in [7, 11) is 0. The quantitative estimate of drug-likeness (QED) is 0.549. The molecule has 0 radical (unpaired) electrons. The van der Waals surface area contributed by atoms with Crippen LogP contribution in [0.1, 0.15) is 35.4 Å². The van der Waals surface area contributed by atoms with Crippen LogP contribution in [-0.2, 0) is 13.0 Å². The predicted molar refractivity (Wildman–Crippen MR) is 116 cm³/mol. The van der Waals surface area contributed by atoms with Crippen LogP contribution < -0.4 is 10.9 Å². The maximum absolute atomic E-state index is 13.2. The molecule has 7 nitrogen and oxygen atoms in total. The molecular formula is C23H21N5O2. The number of carbonyl (C=O) groups excluding carboxylic acids is 1. The molecule has 150 valence electrons. The Labute approximate surface area is 172 Å². The summed E-state index contributed by atoms with van der Waals surface area (Å²) in [5, 5.41) is 3.35. The highest BCUT2D eigenvalue weighted by molar-refractivity contribution is 6.05. The highest BCUT2D eigenvalue weighted by Gasteiger charge is 2.24. The van der Waals surface area contributed by atoms with Crippen LogP contribution in [0.25, 0.3) is 22.3 Å². The number of amides is 1. The maximum Gasteiger partial charge on any atom is 0.276 e. The van der Waals surface area contributed by atoms with E-state index in [2.05, 4.69) is 19.9 Å². The first-order valence-electron chi connectivity index (χ1n) is 10.1. The predicted octanol–water partition coefficient (Wildman–Crippen LogP) is 3.77. The second kappa shape index (κ2) is 7.59. The lowest BCUT2D eigenvalue weighted by Crippen LogP contribution is -2.16. The van der Waals surface area contributed by atoms with Gasteiger partial charge in [-0.25, -0.2) is 9.97 Å². The highest BCUT2D eigenvalue weighted by Crippen LogP contribution is 2.27. The highest BCUT2D eigenvalue weighted by atomic mass is 16.2. The fourth-order valence-corrected chi connectivity index (χ4v) is 4.05. The molecule has 1 aliphatic heterocycles. The van der Waals surface area contributed by atoms with Gasteiger partial charge in [-0.3, -0.25) is 9.59 Å². The van der Waals surface area contributed by atoms with E-state index >= 15 is 0 Å². The fraction of sp³-hybridized carbons (Fsp3) is 0.217. The van der Waals surface area contributed by atoms with E-state index in [0.717, 1.165) is 49.3 Å². The number of rotatable bonds is 3. The molecule has 3 heterocycles. The molecular weight excluding hydrogens is 378 g/mol. The van der Waals surface area contributed by atoms with Gasteiger partial charge < -0.3 is 14.9 Å². The zero-order valence-corrected chi connectivity index (χ0v) is 16.4. The Morgan fingerprint density at radius 2 is 1.93 bits per heavy atom. The van der Waals surface area contributed by atoms with Gasteiger partial charge in [0.15, 0.2) is 0 Å². The second-order valence-electron chi connectivity index (χ2n) is 7.48. The Hall–Kier alpha value is -3.74. The summed E-state index contributed by atoms with van der Waals surface area (Å²) in [4.78, 5) is 36.7. The van der Waals surface area contributed by atoms with Crippen LogP contribution >= 0.6 is 0 Å². The van der Waals surface area contributed by atoms with Gasteiger partial charge in [-0.1, -0.05) is 36.8 Å². The topological polar surface area (TPSA) is 92.7 Å². The minimum absolute atomic E-state index is 0.238. The average Bonchev–Trinajstić information content (AvgIpc) is 2.96. The van der Waals surface area contributed by atoms with Gasteiger partial charge in [0, 0.05) is 17.8 Å². The second-order valence-corrected chi connectivity index (χ2v) is 7.48. The number of fused-ring (bicyclic) bond motifs is 2. The van der Waals surface area contributed by atoms with Crippen LogP contribution in [0.2, 0.25) is 0 Å². The number of aromatic nitrogens is 4. The van der Waals surface area contributed by atoms with Gasteiger partial charge in [-0.2, -0.15) is 0 Å². The van der Waals surface area contributed by atoms with Gasteiger partial charge in [0.25, 0.3) is 11.5 Å². The summed E-state index contributed by atoms with van der Waals surface area (Å²) in [6.07, 6.45) is 5.44. The van der Waals surface area contributed by atoms with Crippen LogP contribution in [0.5, 0.6) is 0 Å². The van der Waals surface area contributed by atoms with Crippen molar-refractivity contribution in [3.63, 3.8) is 0 Å². The standard InChI is InChI=1S/C23H21N5O2/c29-22-17-13-16(10-11-18(17)24-14-25-22)26-23(30)20-19-9-5-2-6-12-28(19)21(27-20)15-7-3-1-4-8-15/h1,3-4,7-8,10-11,13-14H,2,5-6,9,12H2,(H,26,30)(H,24,25,29). The SMILES string of the molecule is O=C(Nc1ccc2nc[nH]c(=O)c2c1)c1nc(-c2ccccc2)n2c1CCCCC2. The van der Waals surface area contributed by atoms with E-state index in [1.165, 1.54) is 6.33 Å². The Balaban J connectivity index is 1.54. The first-order chi connectivity index (χ1) is 14.7. The summed E-state index contributed by atoms with van der Waals surface area (Å²) >= 11 is 0. The molecule has 2 N–H and O–H groups in total. The van der Waals surface area contributed by atoms with Crippen molar-refractivity contribution in [1.29, 1.82) is 0 Å². The van der Waals surface area contributed by atoms with E-state index in [-0.39, 0.29) is 11.5 Å². The van der Waals surface area contributed by atoms with E-state index in [1.807, 2.05) is 30.3 Å². The number of H-pyrrole nitrogens is 1. The molecule has 2 aromatic carbocycles. The van der Waals surface area contributed by atoms with Crippen LogP contribution in [0.15, 0.2) is 59.7 Å². The third-order valence-corrected chi connectivity index (χ3v) is 5.51. The van der Waals surface area contributed by atoms with E-state index in [9.17, 15) is 9.59 Å². The van der Waals surface area contributed by atoms with E-state index in [4.69, 9.17) is 4.98 Å². The lowest BCUT2D eigenvalue weighted by atomic mass is 10.1. The molecule has 0 saturated heterocycles. The maximum atomic E-state index is 13.2. The number of aromatic amines is 1. The molecule has 30 heavy (non-hydrogen) atoms. The van der Waals surface area contributed by atoms with Gasteiger partial charge >= 0.3 is 0 Å². The molecule has 0 saturated carbocycles. The molecule has 0 bridgehead atoms. The molecule has 5 rings (SSSR count). The zero-order chi connectivity index (χ0) is 20.5. The van der Waals surface area contributed by atoms with Crippen LogP contribution in [0.4, 0.5) is 5.69 Å². The van der Waals surface area contributed by atoms with E-state index in [0.29, 0.717) is 22.3 Å². The molecule has 1 aliphatic rings. The monoisotopic (exact) mass is 399 g/mol. The number of nitrogens with zero attached hydrogens (tertiary/aromatic N) is 3. The zero-order valence-electron chi connectivity index (χ0n) is 16.4. The Bertz CT molecular complexity index is 1290. The first-order valence-corrected chi connectivity index (χ1v) is 10.1. The summed E-state index contributed by atoms with van der Waals surface area (Å²) in [5.41, 5.74) is 3.32. The first kappa shape index (κ1) is 18.3. The van der Waals surface area contributed by atoms with Crippen molar-refractivity contribution < 1.29 is 4.79 Å². The molecule has 4 aromatic rings. The molecule has 0 spiro atoms. The van der Waals surface area contributed by atoms with Gasteiger partial charge in [0.05, 0.1) is 22.9 Å². The Kier molecular flexibility index (Phi) is 4.63. The van der Waals surface area contributed by atoms with Crippen molar-refractivity contribution in [2.75, 3.05) is 5.32 Å². The molecule has 0 unspecified atom stereocenters. The third kappa shape index (κ3) is 3.28. The number of nitrogens with one attached hydrogen (secondary N) is 2. The smallest absolute Gasteiger partial charge is 0.276 e. The van der Waals surface area contributed by atoms with Crippen molar-refractivity contribution >= 4 is 22.5 Å². The minimum Gasteiger partial charge on any atom is -0.327 e. The number of hydrogen-bond acceptors (Lipinski definition) is 4. The molecule has 0 aliphatic carbocycles. The summed E-state index contributed by atoms with van der Waals surface area (Å²) < 4.78 is 2.19. The van der Waals surface area contributed by atoms with Crippen LogP contribution in [0.3, 0.4) is 0 Å². The van der Waals surface area contributed by atoms with Gasteiger partial charge in [0.1, 0.15) is 11.5 Å². The van der Waals surface area contributed by atoms with Gasteiger partial charge in [-0.15, -0.1) is 0 Å². The fourth-order valence-electron chi connectivity index (χ4n) is 4.05. The van der Waals surface area contributed by atoms with Crippen molar-refractivity contribution in [1.82, 2.24) is 19.5 Å². The molecule has 0 fully saturated rings. The van der Waals surface area contributed by atoms with Gasteiger partial charge in [0.2, 0.25) is 0 Å². The van der Waals surface area contributed by atoms with Crippen molar-refractivity contribution in [3.8, 4) is 11.4 Å². The minimum atomic E-state index is -0.262. The Morgan fingerprint density at radius 3 is 2.80 bits per heavy atom. The molecule has 0 atom stereocenters. The van der Waals surface area contributed by atoms with E-state index < -0.39 is 0 Å². The summed E-state index contributed by atoms with van der Waals surface area (Å²) in [6.45, 7) is 0.858. The lowest BCUT2D eigenvalue weighted by Gasteiger charge is -2.09. The van der Waals surface area contributed by atoms with Crippen molar-refractivity contribution in [3.05, 3.63) is 76.6 Å². The normalized spacial score (nSPS) is 13.6. The molecule has 1 amide bonds. The Morgan fingerprint density at radius 1 is 1.07 bits per heavy atom. The number of benzene rings is 2. The number of imidazole rings is 1. The van der Waals surface area contributed by atoms with Crippen LogP contribution in [0, 0.1) is 0 Å². The number of anilines is 1. The number of carbonyl (C=O) groups is 1. The third-order valence-electron chi connectivity index (χ3n) is 5.51. The number of hydrogen-bond donors (Lipinski definition) is 2. The van der Waals surface area contributed by atoms with Crippen molar-refractivity contribution in [2.45, 2.75) is 32.2 Å². The largest absolute Gasteiger partial charge is 0.327 e.